The summed E-state index contributed by atoms with van der Waals surface area (Å²) < 4.78 is 5.96. The summed E-state index contributed by atoms with van der Waals surface area (Å²) in [7, 11) is 0. The molecule has 1 aromatic rings. The molecule has 0 spiro atoms. The molecule has 0 aromatic heterocycles. The van der Waals surface area contributed by atoms with Gasteiger partial charge >= 0.3 is 0 Å². The van der Waals surface area contributed by atoms with Crippen molar-refractivity contribution in [3.8, 4) is 5.75 Å². The van der Waals surface area contributed by atoms with Gasteiger partial charge in [0.05, 0.1) is 12.7 Å². The van der Waals surface area contributed by atoms with Crippen molar-refractivity contribution < 1.29 is 9.84 Å². The maximum atomic E-state index is 10.5. The molecule has 0 bridgehead atoms. The van der Waals surface area contributed by atoms with Crippen molar-refractivity contribution in [1.29, 1.82) is 0 Å². The van der Waals surface area contributed by atoms with Gasteiger partial charge in [0, 0.05) is 12.0 Å². The molecule has 1 atom stereocenters. The average Bonchev–Trinajstić information content (AvgIpc) is 3.35. The van der Waals surface area contributed by atoms with Gasteiger partial charge in [-0.1, -0.05) is 31.4 Å². The van der Waals surface area contributed by atoms with E-state index in [0.717, 1.165) is 30.8 Å². The molecular formula is C18H27NO2. The lowest BCUT2D eigenvalue weighted by molar-refractivity contribution is 0.0971. The highest BCUT2D eigenvalue weighted by Gasteiger charge is 2.48. The SMILES string of the molecule is NCC1([C@@H](O)c2cccc(OCC3CCCCC3)c2)CC1. The molecule has 2 fully saturated rings. The molecule has 1 aromatic carbocycles. The van der Waals surface area contributed by atoms with Crippen LogP contribution in [0, 0.1) is 11.3 Å². The Kier molecular flexibility index (Phi) is 4.51. The Labute approximate surface area is 127 Å². The van der Waals surface area contributed by atoms with Gasteiger partial charge in [0.15, 0.2) is 0 Å². The van der Waals surface area contributed by atoms with Gasteiger partial charge in [-0.3, -0.25) is 0 Å². The zero-order valence-corrected chi connectivity index (χ0v) is 12.8. The summed E-state index contributed by atoms with van der Waals surface area (Å²) in [6.45, 7) is 1.36. The molecule has 3 rings (SSSR count). The van der Waals surface area contributed by atoms with Crippen LogP contribution >= 0.6 is 0 Å². The molecular weight excluding hydrogens is 262 g/mol. The molecule has 3 N–H and O–H groups in total. The molecule has 21 heavy (non-hydrogen) atoms. The molecule has 0 aliphatic heterocycles. The third-order valence-electron chi connectivity index (χ3n) is 5.26. The highest BCUT2D eigenvalue weighted by atomic mass is 16.5. The topological polar surface area (TPSA) is 55.5 Å². The minimum Gasteiger partial charge on any atom is -0.493 e. The number of aliphatic hydroxyl groups excluding tert-OH is 1. The lowest BCUT2D eigenvalue weighted by atomic mass is 9.90. The second-order valence-corrected chi connectivity index (χ2v) is 6.86. The molecule has 0 unspecified atom stereocenters. The standard InChI is InChI=1S/C18H27NO2/c19-13-18(9-10-18)17(20)15-7-4-8-16(11-15)21-12-14-5-2-1-3-6-14/h4,7-8,11,14,17,20H,1-3,5-6,9-10,12-13,19H2/t17-/m0/s1. The van der Waals surface area contributed by atoms with Crippen molar-refractivity contribution in [2.24, 2.45) is 17.1 Å². The number of ether oxygens (including phenoxy) is 1. The van der Waals surface area contributed by atoms with E-state index in [1.807, 2.05) is 24.3 Å². The van der Waals surface area contributed by atoms with E-state index >= 15 is 0 Å². The molecule has 116 valence electrons. The number of hydrogen-bond donors (Lipinski definition) is 2. The monoisotopic (exact) mass is 289 g/mol. The fourth-order valence-corrected chi connectivity index (χ4v) is 3.45. The Balaban J connectivity index is 1.60. The predicted molar refractivity (Wildman–Crippen MR) is 84.2 cm³/mol. The van der Waals surface area contributed by atoms with Crippen molar-refractivity contribution in [1.82, 2.24) is 0 Å². The number of aliphatic hydroxyl groups is 1. The molecule has 3 nitrogen and oxygen atoms in total. The zero-order valence-electron chi connectivity index (χ0n) is 12.8. The van der Waals surface area contributed by atoms with E-state index < -0.39 is 6.10 Å². The van der Waals surface area contributed by atoms with Gasteiger partial charge in [-0.25, -0.2) is 0 Å². The average molecular weight is 289 g/mol. The molecule has 2 aliphatic rings. The van der Waals surface area contributed by atoms with Gasteiger partial charge in [0.2, 0.25) is 0 Å². The summed E-state index contributed by atoms with van der Waals surface area (Å²) in [5, 5.41) is 10.5. The number of nitrogens with two attached hydrogens (primary N) is 1. The molecule has 0 radical (unpaired) electrons. The molecule has 0 saturated heterocycles. The first-order valence-corrected chi connectivity index (χ1v) is 8.34. The lowest BCUT2D eigenvalue weighted by Gasteiger charge is -2.23. The summed E-state index contributed by atoms with van der Waals surface area (Å²) in [6, 6.07) is 7.93. The van der Waals surface area contributed by atoms with Crippen LogP contribution in [-0.2, 0) is 0 Å². The molecule has 0 amide bonds. The summed E-state index contributed by atoms with van der Waals surface area (Å²) in [4.78, 5) is 0. The first kappa shape index (κ1) is 14.9. The fraction of sp³-hybridized carbons (Fsp3) is 0.667. The molecule has 3 heteroatoms. The Morgan fingerprint density at radius 2 is 2.00 bits per heavy atom. The second-order valence-electron chi connectivity index (χ2n) is 6.86. The van der Waals surface area contributed by atoms with E-state index in [-0.39, 0.29) is 5.41 Å². The molecule has 2 saturated carbocycles. The Bertz CT molecular complexity index is 464. The van der Waals surface area contributed by atoms with Gasteiger partial charge in [-0.2, -0.15) is 0 Å². The summed E-state index contributed by atoms with van der Waals surface area (Å²) >= 11 is 0. The van der Waals surface area contributed by atoms with Crippen LogP contribution in [0.1, 0.15) is 56.6 Å². The number of benzene rings is 1. The van der Waals surface area contributed by atoms with Crippen LogP contribution < -0.4 is 10.5 Å². The highest BCUT2D eigenvalue weighted by Crippen LogP contribution is 2.54. The highest BCUT2D eigenvalue weighted by molar-refractivity contribution is 5.32. The predicted octanol–water partition coefficient (Wildman–Crippen LogP) is 3.42. The third-order valence-corrected chi connectivity index (χ3v) is 5.26. The van der Waals surface area contributed by atoms with Crippen molar-refractivity contribution >= 4 is 0 Å². The Morgan fingerprint density at radius 1 is 1.24 bits per heavy atom. The van der Waals surface area contributed by atoms with Gasteiger partial charge in [-0.05, 0) is 49.3 Å². The molecule has 0 heterocycles. The maximum Gasteiger partial charge on any atom is 0.119 e. The van der Waals surface area contributed by atoms with Crippen LogP contribution in [0.3, 0.4) is 0 Å². The van der Waals surface area contributed by atoms with Gasteiger partial charge in [0.25, 0.3) is 0 Å². The molecule has 2 aliphatic carbocycles. The normalized spacial score (nSPS) is 22.8. The first-order chi connectivity index (χ1) is 10.2. The second kappa shape index (κ2) is 6.37. The fourth-order valence-electron chi connectivity index (χ4n) is 3.45. The summed E-state index contributed by atoms with van der Waals surface area (Å²) in [5.74, 6) is 1.58. The largest absolute Gasteiger partial charge is 0.493 e. The van der Waals surface area contributed by atoms with Crippen molar-refractivity contribution in [3.63, 3.8) is 0 Å². The van der Waals surface area contributed by atoms with Crippen LogP contribution in [0.5, 0.6) is 5.75 Å². The van der Waals surface area contributed by atoms with E-state index in [4.69, 9.17) is 10.5 Å². The van der Waals surface area contributed by atoms with E-state index in [1.165, 1.54) is 32.1 Å². The van der Waals surface area contributed by atoms with Gasteiger partial charge < -0.3 is 15.6 Å². The third kappa shape index (κ3) is 3.41. The first-order valence-electron chi connectivity index (χ1n) is 8.34. The minimum atomic E-state index is -0.458. The van der Waals surface area contributed by atoms with Crippen molar-refractivity contribution in [2.45, 2.75) is 51.0 Å². The van der Waals surface area contributed by atoms with E-state index in [0.29, 0.717) is 12.5 Å². The Hall–Kier alpha value is -1.06. The zero-order chi connectivity index (χ0) is 14.7. The maximum absolute atomic E-state index is 10.5. The minimum absolute atomic E-state index is 0.0814. The van der Waals surface area contributed by atoms with Crippen LogP contribution in [0.25, 0.3) is 0 Å². The smallest absolute Gasteiger partial charge is 0.119 e. The number of hydrogen-bond acceptors (Lipinski definition) is 3. The van der Waals surface area contributed by atoms with Crippen LogP contribution in [0.4, 0.5) is 0 Å². The van der Waals surface area contributed by atoms with E-state index in [1.54, 1.807) is 0 Å². The van der Waals surface area contributed by atoms with Crippen molar-refractivity contribution in [2.75, 3.05) is 13.2 Å². The van der Waals surface area contributed by atoms with E-state index in [2.05, 4.69) is 0 Å². The van der Waals surface area contributed by atoms with Crippen molar-refractivity contribution in [3.05, 3.63) is 29.8 Å². The van der Waals surface area contributed by atoms with Crippen LogP contribution in [-0.4, -0.2) is 18.3 Å². The van der Waals surface area contributed by atoms with Gasteiger partial charge in [-0.15, -0.1) is 0 Å². The van der Waals surface area contributed by atoms with E-state index in [9.17, 15) is 5.11 Å². The Morgan fingerprint density at radius 3 is 2.67 bits per heavy atom. The quantitative estimate of drug-likeness (QED) is 0.843. The summed E-state index contributed by atoms with van der Waals surface area (Å²) in [5.41, 5.74) is 6.67. The summed E-state index contributed by atoms with van der Waals surface area (Å²) in [6.07, 6.45) is 8.23. The van der Waals surface area contributed by atoms with Gasteiger partial charge in [0.1, 0.15) is 5.75 Å². The van der Waals surface area contributed by atoms with Crippen LogP contribution in [0.2, 0.25) is 0 Å². The van der Waals surface area contributed by atoms with Crippen LogP contribution in [0.15, 0.2) is 24.3 Å². The lowest BCUT2D eigenvalue weighted by Crippen LogP contribution is -2.23. The number of rotatable bonds is 6.